The van der Waals surface area contributed by atoms with Crippen molar-refractivity contribution in [1.29, 1.82) is 5.26 Å². The zero-order valence-corrected chi connectivity index (χ0v) is 16.9. The van der Waals surface area contributed by atoms with Crippen LogP contribution in [0.2, 0.25) is 0 Å². The molecule has 0 amide bonds. The van der Waals surface area contributed by atoms with Gasteiger partial charge in [-0.1, -0.05) is 0 Å². The smallest absolute Gasteiger partial charge is 0.139 e. The number of pyridine rings is 1. The number of hydrogen-bond acceptors (Lipinski definition) is 6. The first kappa shape index (κ1) is 18.7. The van der Waals surface area contributed by atoms with Crippen molar-refractivity contribution >= 4 is 33.1 Å². The Bertz CT molecular complexity index is 1100. The van der Waals surface area contributed by atoms with Gasteiger partial charge in [0.2, 0.25) is 0 Å². The summed E-state index contributed by atoms with van der Waals surface area (Å²) in [6.45, 7) is 1.43. The van der Waals surface area contributed by atoms with Crippen LogP contribution < -0.4 is 0 Å². The maximum absolute atomic E-state index is 11.0. The third kappa shape index (κ3) is 3.35. The fraction of sp³-hybridized carbons (Fsp3) is 0.550. The second kappa shape index (κ2) is 7.52. The van der Waals surface area contributed by atoms with Crippen LogP contribution >= 0.6 is 0 Å². The molecule has 1 saturated heterocycles. The molecule has 8 nitrogen and oxygen atoms in total. The third-order valence-electron chi connectivity index (χ3n) is 6.43. The number of fused-ring (bicyclic) bond motifs is 3. The molecule has 0 bridgehead atoms. The predicted molar refractivity (Wildman–Crippen MR) is 109 cm³/mol. The summed E-state index contributed by atoms with van der Waals surface area (Å²) in [5.41, 5.74) is 2.89. The largest absolute Gasteiger partial charge is 0.771 e. The quantitative estimate of drug-likeness (QED) is 0.646. The summed E-state index contributed by atoms with van der Waals surface area (Å²) in [5.74, 6) is 1.86. The maximum atomic E-state index is 11.0. The molecule has 1 aliphatic carbocycles. The zero-order chi connectivity index (χ0) is 20.0. The number of nitrogens with zero attached hydrogens (tertiary/aromatic N) is 5. The van der Waals surface area contributed by atoms with E-state index in [4.69, 9.17) is 10.2 Å². The summed E-state index contributed by atoms with van der Waals surface area (Å²) in [6.07, 6.45) is 8.58. The molecule has 1 aliphatic heterocycles. The standard InChI is InChI=1S/C20H24N6O2S/c21-7-5-13-1-3-15(4-2-13)26-18-16-6-8-22-19(16)23-9-17(18)24-20(26)14-10-25(11-14)12-29(27)28/h6,8-9,13-15H,1-5,10-12H2,(H,22,23)(H,27,28)/p-1. The Morgan fingerprint density at radius 3 is 2.83 bits per heavy atom. The van der Waals surface area contributed by atoms with Crippen molar-refractivity contribution in [3.05, 3.63) is 24.3 Å². The average molecular weight is 412 g/mol. The summed E-state index contributed by atoms with van der Waals surface area (Å²) in [4.78, 5) is 14.6. The molecule has 2 fully saturated rings. The van der Waals surface area contributed by atoms with E-state index in [2.05, 4.69) is 26.7 Å². The van der Waals surface area contributed by atoms with E-state index in [1.807, 2.05) is 17.3 Å². The van der Waals surface area contributed by atoms with Crippen molar-refractivity contribution in [3.63, 3.8) is 0 Å². The number of nitrogens with one attached hydrogen (secondary N) is 1. The normalized spacial score (nSPS) is 24.6. The van der Waals surface area contributed by atoms with Gasteiger partial charge < -0.3 is 14.1 Å². The Hall–Kier alpha value is -2.28. The van der Waals surface area contributed by atoms with Crippen molar-refractivity contribution in [1.82, 2.24) is 24.4 Å². The Morgan fingerprint density at radius 2 is 2.10 bits per heavy atom. The van der Waals surface area contributed by atoms with Gasteiger partial charge in [0.05, 0.1) is 23.7 Å². The second-order valence-corrected chi connectivity index (χ2v) is 9.14. The van der Waals surface area contributed by atoms with Gasteiger partial charge >= 0.3 is 0 Å². The molecule has 1 saturated carbocycles. The average Bonchev–Trinajstić information content (AvgIpc) is 3.29. The molecule has 0 radical (unpaired) electrons. The number of hydrogen-bond donors (Lipinski definition) is 1. The molecular formula is C20H23N6O2S-. The van der Waals surface area contributed by atoms with Crippen molar-refractivity contribution < 1.29 is 8.76 Å². The number of likely N-dealkylation sites (tertiary alicyclic amines) is 1. The summed E-state index contributed by atoms with van der Waals surface area (Å²) in [6, 6.07) is 4.73. The van der Waals surface area contributed by atoms with Crippen LogP contribution in [0.4, 0.5) is 0 Å². The predicted octanol–water partition coefficient (Wildman–Crippen LogP) is 2.79. The molecule has 5 rings (SSSR count). The lowest BCUT2D eigenvalue weighted by Gasteiger charge is -2.40. The topological polar surface area (TPSA) is 114 Å². The fourth-order valence-electron chi connectivity index (χ4n) is 4.99. The van der Waals surface area contributed by atoms with Crippen molar-refractivity contribution in [2.75, 3.05) is 19.0 Å². The van der Waals surface area contributed by atoms with Gasteiger partial charge in [-0.3, -0.25) is 9.11 Å². The fourth-order valence-corrected chi connectivity index (χ4v) is 5.50. The second-order valence-electron chi connectivity index (χ2n) is 8.27. The van der Waals surface area contributed by atoms with Gasteiger partial charge in [-0.25, -0.2) is 9.97 Å². The van der Waals surface area contributed by atoms with Crippen LogP contribution in [0, 0.1) is 17.2 Å². The minimum Gasteiger partial charge on any atom is -0.771 e. The first-order valence-electron chi connectivity index (χ1n) is 10.1. The lowest BCUT2D eigenvalue weighted by molar-refractivity contribution is 0.162. The summed E-state index contributed by atoms with van der Waals surface area (Å²) >= 11 is -2.05. The molecule has 0 aromatic carbocycles. The van der Waals surface area contributed by atoms with Gasteiger partial charge in [0.25, 0.3) is 0 Å². The molecule has 2 aliphatic rings. The van der Waals surface area contributed by atoms with E-state index >= 15 is 0 Å². The maximum Gasteiger partial charge on any atom is 0.139 e. The van der Waals surface area contributed by atoms with Gasteiger partial charge in [0.15, 0.2) is 0 Å². The highest BCUT2D eigenvalue weighted by atomic mass is 32.2. The van der Waals surface area contributed by atoms with Gasteiger partial charge in [-0.05, 0) is 48.7 Å². The summed E-state index contributed by atoms with van der Waals surface area (Å²) in [7, 11) is 0. The molecule has 1 unspecified atom stereocenters. The molecule has 152 valence electrons. The van der Waals surface area contributed by atoms with E-state index in [0.717, 1.165) is 53.6 Å². The van der Waals surface area contributed by atoms with E-state index in [1.54, 1.807) is 0 Å². The number of aromatic amines is 1. The molecule has 3 aromatic heterocycles. The van der Waals surface area contributed by atoms with Crippen LogP contribution in [-0.2, 0) is 11.1 Å². The lowest BCUT2D eigenvalue weighted by Crippen LogP contribution is -2.47. The molecule has 9 heteroatoms. The summed E-state index contributed by atoms with van der Waals surface area (Å²) in [5, 5.41) is 10.1. The minimum atomic E-state index is -2.05. The van der Waals surface area contributed by atoms with E-state index in [9.17, 15) is 8.76 Å². The van der Waals surface area contributed by atoms with E-state index in [1.165, 1.54) is 0 Å². The highest BCUT2D eigenvalue weighted by molar-refractivity contribution is 7.79. The summed E-state index contributed by atoms with van der Waals surface area (Å²) < 4.78 is 24.4. The van der Waals surface area contributed by atoms with Crippen molar-refractivity contribution in [3.8, 4) is 6.07 Å². The van der Waals surface area contributed by atoms with Crippen LogP contribution in [-0.4, -0.2) is 52.1 Å². The van der Waals surface area contributed by atoms with Crippen molar-refractivity contribution in [2.24, 2.45) is 5.92 Å². The molecule has 1 atom stereocenters. The number of imidazole rings is 1. The van der Waals surface area contributed by atoms with Gasteiger partial charge in [0.1, 0.15) is 17.0 Å². The lowest BCUT2D eigenvalue weighted by atomic mass is 9.84. The Morgan fingerprint density at radius 1 is 1.31 bits per heavy atom. The number of H-pyrrole nitrogens is 1. The highest BCUT2D eigenvalue weighted by Crippen LogP contribution is 2.40. The number of aromatic nitrogens is 4. The molecule has 1 N–H and O–H groups in total. The van der Waals surface area contributed by atoms with Crippen molar-refractivity contribution in [2.45, 2.75) is 44.1 Å². The molecule has 0 spiro atoms. The Kier molecular flexibility index (Phi) is 4.86. The molecule has 3 aromatic rings. The minimum absolute atomic E-state index is 0.0829. The Balaban J connectivity index is 1.52. The first-order chi connectivity index (χ1) is 14.1. The molecule has 29 heavy (non-hydrogen) atoms. The van der Waals surface area contributed by atoms with Gasteiger partial charge in [0, 0.05) is 43.1 Å². The number of rotatable bonds is 5. The third-order valence-corrected chi connectivity index (χ3v) is 7.01. The monoisotopic (exact) mass is 411 g/mol. The number of nitriles is 1. The van der Waals surface area contributed by atoms with E-state index < -0.39 is 11.1 Å². The SMILES string of the molecule is N#CCC1CCC(n2c(C3CN(CS(=O)[O-])C3)nc3cnc4[nH]ccc4c32)CC1. The van der Waals surface area contributed by atoms with Crippen LogP contribution in [0.1, 0.15) is 49.9 Å². The van der Waals surface area contributed by atoms with E-state index in [0.29, 0.717) is 31.5 Å². The molecule has 4 heterocycles. The van der Waals surface area contributed by atoms with E-state index in [-0.39, 0.29) is 11.8 Å². The highest BCUT2D eigenvalue weighted by Gasteiger charge is 2.35. The Labute approximate surface area is 171 Å². The van der Waals surface area contributed by atoms with Gasteiger partial charge in [-0.2, -0.15) is 5.26 Å². The van der Waals surface area contributed by atoms with Crippen LogP contribution in [0.25, 0.3) is 22.1 Å². The molecular weight excluding hydrogens is 388 g/mol. The van der Waals surface area contributed by atoms with Crippen LogP contribution in [0.5, 0.6) is 0 Å². The first-order valence-corrected chi connectivity index (χ1v) is 11.4. The van der Waals surface area contributed by atoms with Crippen LogP contribution in [0.15, 0.2) is 18.5 Å². The zero-order valence-electron chi connectivity index (χ0n) is 16.1. The van der Waals surface area contributed by atoms with Crippen LogP contribution in [0.3, 0.4) is 0 Å². The van der Waals surface area contributed by atoms with Gasteiger partial charge in [-0.15, -0.1) is 0 Å².